The summed E-state index contributed by atoms with van der Waals surface area (Å²) in [6, 6.07) is 12.8. The molecular formula is C18H18O5. The third kappa shape index (κ3) is 4.10. The number of methoxy groups -OCH3 is 1. The highest BCUT2D eigenvalue weighted by Crippen LogP contribution is 2.38. The number of Topliss-reactive ketones (excluding diaryl/α,β-unsaturated/α-hetero) is 1. The fourth-order valence-electron chi connectivity index (χ4n) is 2.17. The first-order valence-corrected chi connectivity index (χ1v) is 7.10. The molecule has 0 N–H and O–H groups in total. The fourth-order valence-corrected chi connectivity index (χ4v) is 2.17. The molecule has 5 heteroatoms. The molecule has 0 atom stereocenters. The van der Waals surface area contributed by atoms with Crippen LogP contribution in [0.4, 0.5) is 0 Å². The molecule has 0 aliphatic rings. The molecule has 0 unspecified atom stereocenters. The first-order valence-electron chi connectivity index (χ1n) is 7.10. The molecule has 23 heavy (non-hydrogen) atoms. The predicted octanol–water partition coefficient (Wildman–Crippen LogP) is 3.40. The third-order valence-electron chi connectivity index (χ3n) is 3.13. The maximum atomic E-state index is 11.9. The largest absolute Gasteiger partial charge is 0.492 e. The standard InChI is InChI=1S/C18H18O5/c1-12(19)17-15(23-13(2)20)9-10-16(18(17)21-3)22-11-14-7-5-4-6-8-14/h4-10H,11H2,1-3H3. The van der Waals surface area contributed by atoms with Crippen molar-refractivity contribution in [3.63, 3.8) is 0 Å². The number of rotatable bonds is 6. The molecule has 0 saturated carbocycles. The molecule has 0 spiro atoms. The number of benzene rings is 2. The van der Waals surface area contributed by atoms with E-state index in [9.17, 15) is 9.59 Å². The van der Waals surface area contributed by atoms with E-state index in [-0.39, 0.29) is 22.8 Å². The molecule has 0 radical (unpaired) electrons. The Morgan fingerprint density at radius 1 is 0.957 bits per heavy atom. The van der Waals surface area contributed by atoms with Gasteiger partial charge in [-0.2, -0.15) is 0 Å². The van der Waals surface area contributed by atoms with Crippen LogP contribution in [0.15, 0.2) is 42.5 Å². The minimum atomic E-state index is -0.507. The summed E-state index contributed by atoms with van der Waals surface area (Å²) in [5.74, 6) is 0.0503. The summed E-state index contributed by atoms with van der Waals surface area (Å²) < 4.78 is 16.1. The van der Waals surface area contributed by atoms with Gasteiger partial charge in [0, 0.05) is 6.92 Å². The first-order chi connectivity index (χ1) is 11.0. The Hall–Kier alpha value is -2.82. The molecule has 0 aliphatic heterocycles. The van der Waals surface area contributed by atoms with Gasteiger partial charge in [0.25, 0.3) is 0 Å². The minimum Gasteiger partial charge on any atom is -0.492 e. The molecular weight excluding hydrogens is 296 g/mol. The van der Waals surface area contributed by atoms with E-state index in [1.807, 2.05) is 30.3 Å². The first kappa shape index (κ1) is 16.5. The Balaban J connectivity index is 2.34. The van der Waals surface area contributed by atoms with E-state index in [0.717, 1.165) is 5.56 Å². The highest BCUT2D eigenvalue weighted by molar-refractivity contribution is 6.01. The third-order valence-corrected chi connectivity index (χ3v) is 3.13. The van der Waals surface area contributed by atoms with Crippen molar-refractivity contribution in [1.29, 1.82) is 0 Å². The second kappa shape index (κ2) is 7.45. The monoisotopic (exact) mass is 314 g/mol. The predicted molar refractivity (Wildman–Crippen MR) is 85.1 cm³/mol. The van der Waals surface area contributed by atoms with Crippen LogP contribution in [0.1, 0.15) is 29.8 Å². The van der Waals surface area contributed by atoms with Crippen LogP contribution in [0.2, 0.25) is 0 Å². The smallest absolute Gasteiger partial charge is 0.308 e. The zero-order valence-corrected chi connectivity index (χ0v) is 13.3. The molecule has 2 aromatic carbocycles. The van der Waals surface area contributed by atoms with Gasteiger partial charge >= 0.3 is 5.97 Å². The lowest BCUT2D eigenvalue weighted by molar-refractivity contribution is -0.131. The zero-order chi connectivity index (χ0) is 16.8. The topological polar surface area (TPSA) is 61.8 Å². The Bertz CT molecular complexity index is 707. The maximum absolute atomic E-state index is 11.9. The van der Waals surface area contributed by atoms with E-state index in [2.05, 4.69) is 0 Å². The summed E-state index contributed by atoms with van der Waals surface area (Å²) >= 11 is 0. The summed E-state index contributed by atoms with van der Waals surface area (Å²) in [5, 5.41) is 0. The second-order valence-corrected chi connectivity index (χ2v) is 4.89. The average molecular weight is 314 g/mol. The molecule has 5 nitrogen and oxygen atoms in total. The second-order valence-electron chi connectivity index (χ2n) is 4.89. The van der Waals surface area contributed by atoms with E-state index in [1.165, 1.54) is 27.0 Å². The lowest BCUT2D eigenvalue weighted by atomic mass is 10.1. The number of esters is 1. The summed E-state index contributed by atoms with van der Waals surface area (Å²) in [4.78, 5) is 23.1. The van der Waals surface area contributed by atoms with Gasteiger partial charge in [-0.15, -0.1) is 0 Å². The Kier molecular flexibility index (Phi) is 5.36. The van der Waals surface area contributed by atoms with Crippen molar-refractivity contribution in [3.05, 3.63) is 53.6 Å². The van der Waals surface area contributed by atoms with Crippen LogP contribution in [0, 0.1) is 0 Å². The number of carbonyl (C=O) groups is 2. The highest BCUT2D eigenvalue weighted by Gasteiger charge is 2.21. The highest BCUT2D eigenvalue weighted by atomic mass is 16.5. The minimum absolute atomic E-state index is 0.161. The number of ketones is 1. The van der Waals surface area contributed by atoms with E-state index < -0.39 is 5.97 Å². The van der Waals surface area contributed by atoms with E-state index in [1.54, 1.807) is 6.07 Å². The number of ether oxygens (including phenoxy) is 3. The van der Waals surface area contributed by atoms with Crippen molar-refractivity contribution in [2.45, 2.75) is 20.5 Å². The van der Waals surface area contributed by atoms with Crippen LogP contribution in [0.25, 0.3) is 0 Å². The SMILES string of the molecule is COc1c(OCc2ccccc2)ccc(OC(C)=O)c1C(C)=O. The van der Waals surface area contributed by atoms with Crippen molar-refractivity contribution in [2.75, 3.05) is 7.11 Å². The average Bonchev–Trinajstić information content (AvgIpc) is 2.53. The Morgan fingerprint density at radius 3 is 2.17 bits per heavy atom. The van der Waals surface area contributed by atoms with Crippen molar-refractivity contribution in [2.24, 2.45) is 0 Å². The maximum Gasteiger partial charge on any atom is 0.308 e. The van der Waals surface area contributed by atoms with Crippen LogP contribution in [0.5, 0.6) is 17.2 Å². The van der Waals surface area contributed by atoms with Crippen molar-refractivity contribution >= 4 is 11.8 Å². The van der Waals surface area contributed by atoms with Crippen LogP contribution < -0.4 is 14.2 Å². The number of hydrogen-bond donors (Lipinski definition) is 0. The molecule has 2 aromatic rings. The molecule has 0 aromatic heterocycles. The van der Waals surface area contributed by atoms with Gasteiger partial charge in [0.2, 0.25) is 0 Å². The van der Waals surface area contributed by atoms with Crippen LogP contribution in [-0.2, 0) is 11.4 Å². The molecule has 0 saturated heterocycles. The van der Waals surface area contributed by atoms with Crippen LogP contribution in [-0.4, -0.2) is 18.9 Å². The quantitative estimate of drug-likeness (QED) is 0.464. The lowest BCUT2D eigenvalue weighted by Gasteiger charge is -2.16. The van der Waals surface area contributed by atoms with Crippen LogP contribution >= 0.6 is 0 Å². The number of hydrogen-bond acceptors (Lipinski definition) is 5. The van der Waals surface area contributed by atoms with Gasteiger partial charge in [0.1, 0.15) is 17.9 Å². The lowest BCUT2D eigenvalue weighted by Crippen LogP contribution is -2.09. The Labute approximate surface area is 134 Å². The fraction of sp³-hybridized carbons (Fsp3) is 0.222. The van der Waals surface area contributed by atoms with Gasteiger partial charge < -0.3 is 14.2 Å². The van der Waals surface area contributed by atoms with Gasteiger partial charge in [-0.05, 0) is 24.6 Å². The van der Waals surface area contributed by atoms with Crippen LogP contribution in [0.3, 0.4) is 0 Å². The van der Waals surface area contributed by atoms with E-state index in [4.69, 9.17) is 14.2 Å². The molecule has 0 aliphatic carbocycles. The molecule has 0 amide bonds. The number of carbonyl (C=O) groups excluding carboxylic acids is 2. The van der Waals surface area contributed by atoms with E-state index in [0.29, 0.717) is 12.4 Å². The molecule has 0 heterocycles. The van der Waals surface area contributed by atoms with Gasteiger partial charge in [0.05, 0.1) is 7.11 Å². The van der Waals surface area contributed by atoms with E-state index >= 15 is 0 Å². The summed E-state index contributed by atoms with van der Waals surface area (Å²) in [5.41, 5.74) is 1.18. The van der Waals surface area contributed by atoms with Gasteiger partial charge in [0.15, 0.2) is 17.3 Å². The summed E-state index contributed by atoms with van der Waals surface area (Å²) in [6.07, 6.45) is 0. The summed E-state index contributed by atoms with van der Waals surface area (Å²) in [6.45, 7) is 2.99. The van der Waals surface area contributed by atoms with Gasteiger partial charge in [-0.1, -0.05) is 30.3 Å². The van der Waals surface area contributed by atoms with Crippen molar-refractivity contribution < 1.29 is 23.8 Å². The van der Waals surface area contributed by atoms with Gasteiger partial charge in [-0.25, -0.2) is 0 Å². The summed E-state index contributed by atoms with van der Waals surface area (Å²) in [7, 11) is 1.44. The molecule has 0 fully saturated rings. The van der Waals surface area contributed by atoms with Crippen molar-refractivity contribution in [1.82, 2.24) is 0 Å². The molecule has 0 bridgehead atoms. The van der Waals surface area contributed by atoms with Crippen molar-refractivity contribution in [3.8, 4) is 17.2 Å². The molecule has 120 valence electrons. The zero-order valence-electron chi connectivity index (χ0n) is 13.3. The Morgan fingerprint density at radius 2 is 1.61 bits per heavy atom. The van der Waals surface area contributed by atoms with Gasteiger partial charge in [-0.3, -0.25) is 9.59 Å². The normalized spacial score (nSPS) is 10.0. The molecule has 2 rings (SSSR count).